The van der Waals surface area contributed by atoms with Crippen LogP contribution in [0.4, 0.5) is 4.39 Å². The molecule has 0 radical (unpaired) electrons. The lowest BCUT2D eigenvalue weighted by Gasteiger charge is -2.25. The van der Waals surface area contributed by atoms with Crippen LogP contribution < -0.4 is 0 Å². The molecule has 0 aliphatic heterocycles. The van der Waals surface area contributed by atoms with Crippen molar-refractivity contribution >= 4 is 0 Å². The van der Waals surface area contributed by atoms with Crippen LogP contribution in [0, 0.1) is 5.82 Å². The second kappa shape index (κ2) is 5.82. The summed E-state index contributed by atoms with van der Waals surface area (Å²) in [5.41, 5.74) is 0.722. The Morgan fingerprint density at radius 1 is 1.50 bits per heavy atom. The predicted octanol–water partition coefficient (Wildman–Crippen LogP) is 2.17. The summed E-state index contributed by atoms with van der Waals surface area (Å²) in [4.78, 5) is 2.04. The molecule has 90 valence electrons. The van der Waals surface area contributed by atoms with Gasteiger partial charge in [-0.3, -0.25) is 4.90 Å². The van der Waals surface area contributed by atoms with Gasteiger partial charge in [0.25, 0.3) is 0 Å². The maximum atomic E-state index is 12.8. The van der Waals surface area contributed by atoms with Crippen molar-refractivity contribution in [2.45, 2.75) is 13.0 Å². The van der Waals surface area contributed by atoms with Crippen molar-refractivity contribution in [1.82, 2.24) is 4.90 Å². The third-order valence-electron chi connectivity index (χ3n) is 2.75. The van der Waals surface area contributed by atoms with Crippen molar-refractivity contribution in [1.29, 1.82) is 0 Å². The zero-order chi connectivity index (χ0) is 12.1. The number of ether oxygens (including phenoxy) is 1. The van der Waals surface area contributed by atoms with Gasteiger partial charge in [-0.2, -0.15) is 0 Å². The van der Waals surface area contributed by atoms with Crippen LogP contribution in [0.5, 0.6) is 5.75 Å². The van der Waals surface area contributed by atoms with E-state index in [1.54, 1.807) is 13.2 Å². The third kappa shape index (κ3) is 3.18. The van der Waals surface area contributed by atoms with Gasteiger partial charge in [-0.25, -0.2) is 4.39 Å². The van der Waals surface area contributed by atoms with Crippen LogP contribution in [0.15, 0.2) is 18.2 Å². The molecule has 0 amide bonds. The van der Waals surface area contributed by atoms with Crippen molar-refractivity contribution in [3.63, 3.8) is 0 Å². The molecule has 4 heteroatoms. The van der Waals surface area contributed by atoms with Gasteiger partial charge in [0.1, 0.15) is 11.6 Å². The number of phenolic OH excluding ortho intramolecular Hbond substituents is 1. The van der Waals surface area contributed by atoms with Crippen LogP contribution in [0.2, 0.25) is 0 Å². The SMILES string of the molecule is COCCN(C)C(C)c1ccc(F)cc1O. The second-order valence-corrected chi connectivity index (χ2v) is 3.85. The number of phenols is 1. The fraction of sp³-hybridized carbons (Fsp3) is 0.500. The van der Waals surface area contributed by atoms with Crippen molar-refractivity contribution in [2.24, 2.45) is 0 Å². The number of nitrogens with zero attached hydrogens (tertiary/aromatic N) is 1. The molecule has 0 spiro atoms. The number of hydrogen-bond donors (Lipinski definition) is 1. The summed E-state index contributed by atoms with van der Waals surface area (Å²) >= 11 is 0. The summed E-state index contributed by atoms with van der Waals surface area (Å²) in [5, 5.41) is 9.64. The van der Waals surface area contributed by atoms with Gasteiger partial charge in [-0.1, -0.05) is 6.07 Å². The molecule has 1 rings (SSSR count). The first-order valence-corrected chi connectivity index (χ1v) is 5.24. The molecule has 1 unspecified atom stereocenters. The minimum Gasteiger partial charge on any atom is -0.508 e. The number of aromatic hydroxyl groups is 1. The van der Waals surface area contributed by atoms with E-state index in [1.807, 2.05) is 18.9 Å². The molecule has 0 aliphatic carbocycles. The van der Waals surface area contributed by atoms with E-state index in [0.717, 1.165) is 18.2 Å². The van der Waals surface area contributed by atoms with Crippen LogP contribution in [-0.4, -0.2) is 37.3 Å². The molecule has 0 fully saturated rings. The Morgan fingerprint density at radius 2 is 2.19 bits per heavy atom. The highest BCUT2D eigenvalue weighted by Gasteiger charge is 2.15. The molecule has 0 aliphatic rings. The maximum absolute atomic E-state index is 12.8. The molecular formula is C12H18FNO2. The molecular weight excluding hydrogens is 209 g/mol. The van der Waals surface area contributed by atoms with Crippen molar-refractivity contribution in [2.75, 3.05) is 27.3 Å². The minimum absolute atomic E-state index is 0.00299. The zero-order valence-corrected chi connectivity index (χ0v) is 9.90. The van der Waals surface area contributed by atoms with Gasteiger partial charge < -0.3 is 9.84 Å². The quantitative estimate of drug-likeness (QED) is 0.836. The van der Waals surface area contributed by atoms with E-state index in [9.17, 15) is 9.50 Å². The largest absolute Gasteiger partial charge is 0.508 e. The summed E-state index contributed by atoms with van der Waals surface area (Å²) in [6.45, 7) is 3.35. The Labute approximate surface area is 95.5 Å². The van der Waals surface area contributed by atoms with Gasteiger partial charge >= 0.3 is 0 Å². The molecule has 16 heavy (non-hydrogen) atoms. The first-order valence-electron chi connectivity index (χ1n) is 5.24. The Kier molecular flexibility index (Phi) is 4.71. The molecule has 0 saturated carbocycles. The van der Waals surface area contributed by atoms with Crippen LogP contribution in [0.3, 0.4) is 0 Å². The normalized spacial score (nSPS) is 13.1. The zero-order valence-electron chi connectivity index (χ0n) is 9.90. The van der Waals surface area contributed by atoms with E-state index >= 15 is 0 Å². The van der Waals surface area contributed by atoms with Crippen LogP contribution >= 0.6 is 0 Å². The molecule has 0 aromatic heterocycles. The van der Waals surface area contributed by atoms with E-state index < -0.39 is 5.82 Å². The van der Waals surface area contributed by atoms with Crippen LogP contribution in [-0.2, 0) is 4.74 Å². The molecule has 1 aromatic carbocycles. The number of halogens is 1. The molecule has 0 saturated heterocycles. The molecule has 3 nitrogen and oxygen atoms in total. The first kappa shape index (κ1) is 12.9. The molecule has 1 aromatic rings. The molecule has 0 heterocycles. The average molecular weight is 227 g/mol. The van der Waals surface area contributed by atoms with Crippen molar-refractivity contribution in [3.8, 4) is 5.75 Å². The Hall–Kier alpha value is -1.13. The molecule has 1 atom stereocenters. The van der Waals surface area contributed by atoms with E-state index in [2.05, 4.69) is 0 Å². The fourth-order valence-electron chi connectivity index (χ4n) is 1.54. The summed E-state index contributed by atoms with van der Waals surface area (Å²) in [6.07, 6.45) is 0. The van der Waals surface area contributed by atoms with Crippen molar-refractivity contribution in [3.05, 3.63) is 29.6 Å². The summed E-state index contributed by atoms with van der Waals surface area (Å²) in [5.74, 6) is -0.426. The smallest absolute Gasteiger partial charge is 0.126 e. The summed E-state index contributed by atoms with van der Waals surface area (Å²) in [6, 6.07) is 4.13. The van der Waals surface area contributed by atoms with Gasteiger partial charge in [0.2, 0.25) is 0 Å². The lowest BCUT2D eigenvalue weighted by Crippen LogP contribution is -2.26. The Bertz CT molecular complexity index is 344. The number of rotatable bonds is 5. The highest BCUT2D eigenvalue weighted by atomic mass is 19.1. The molecule has 1 N–H and O–H groups in total. The topological polar surface area (TPSA) is 32.7 Å². The van der Waals surface area contributed by atoms with Gasteiger partial charge in [0.15, 0.2) is 0 Å². The standard InChI is InChI=1S/C12H18FNO2/c1-9(14(2)6-7-16-3)11-5-4-10(13)8-12(11)15/h4-5,8-9,15H,6-7H2,1-3H3. The fourth-order valence-corrected chi connectivity index (χ4v) is 1.54. The van der Waals surface area contributed by atoms with Crippen LogP contribution in [0.1, 0.15) is 18.5 Å². The summed E-state index contributed by atoms with van der Waals surface area (Å²) in [7, 11) is 3.58. The monoisotopic (exact) mass is 227 g/mol. The summed E-state index contributed by atoms with van der Waals surface area (Å²) < 4.78 is 17.8. The predicted molar refractivity (Wildman–Crippen MR) is 61.0 cm³/mol. The number of methoxy groups -OCH3 is 1. The van der Waals surface area contributed by atoms with Gasteiger partial charge in [-0.05, 0) is 20.0 Å². The third-order valence-corrected chi connectivity index (χ3v) is 2.75. The Balaban J connectivity index is 2.75. The number of likely N-dealkylation sites (N-methyl/N-ethyl adjacent to an activating group) is 1. The lowest BCUT2D eigenvalue weighted by atomic mass is 10.1. The lowest BCUT2D eigenvalue weighted by molar-refractivity contribution is 0.142. The number of hydrogen-bond acceptors (Lipinski definition) is 3. The highest BCUT2D eigenvalue weighted by molar-refractivity contribution is 5.34. The number of benzene rings is 1. The first-order chi connectivity index (χ1) is 7.56. The molecule has 0 bridgehead atoms. The van der Waals surface area contributed by atoms with Gasteiger partial charge in [-0.15, -0.1) is 0 Å². The van der Waals surface area contributed by atoms with E-state index in [1.165, 1.54) is 6.07 Å². The minimum atomic E-state index is -0.423. The van der Waals surface area contributed by atoms with E-state index in [-0.39, 0.29) is 11.8 Å². The van der Waals surface area contributed by atoms with E-state index in [4.69, 9.17) is 4.74 Å². The van der Waals surface area contributed by atoms with Gasteiger partial charge in [0, 0.05) is 31.3 Å². The Morgan fingerprint density at radius 3 is 2.75 bits per heavy atom. The van der Waals surface area contributed by atoms with Gasteiger partial charge in [0.05, 0.1) is 6.61 Å². The van der Waals surface area contributed by atoms with E-state index in [0.29, 0.717) is 6.61 Å². The highest BCUT2D eigenvalue weighted by Crippen LogP contribution is 2.27. The average Bonchev–Trinajstić information content (AvgIpc) is 2.25. The second-order valence-electron chi connectivity index (χ2n) is 3.85. The maximum Gasteiger partial charge on any atom is 0.126 e. The van der Waals surface area contributed by atoms with Crippen molar-refractivity contribution < 1.29 is 14.2 Å². The van der Waals surface area contributed by atoms with Crippen LogP contribution in [0.25, 0.3) is 0 Å².